The third-order valence-corrected chi connectivity index (χ3v) is 5.63. The number of carbonyl (C=O) groups is 1. The Kier molecular flexibility index (Phi) is 13.3. The molecule has 0 bridgehead atoms. The van der Waals surface area contributed by atoms with Gasteiger partial charge in [-0.15, -0.1) is 0 Å². The van der Waals surface area contributed by atoms with E-state index in [1.165, 1.54) is 41.8 Å². The molecule has 0 fully saturated rings. The van der Waals surface area contributed by atoms with Gasteiger partial charge in [0.1, 0.15) is 5.82 Å². The number of aliphatic imine (C=N–C) groups is 1. The summed E-state index contributed by atoms with van der Waals surface area (Å²) in [6, 6.07) is 1.64. The second kappa shape index (κ2) is 15.6. The molecule has 0 aliphatic heterocycles. The summed E-state index contributed by atoms with van der Waals surface area (Å²) in [7, 11) is 0. The first-order valence-electron chi connectivity index (χ1n) is 12.6. The SMILES string of the molecule is C=C(N)C=N/C=C(C)/C(N)=C/N(N)C(=C/C(=C\C)C(=O)Nc1cc(CNC(C)C)c(F)c(C(F)(F)F)c1)/C(C)=C\C. The van der Waals surface area contributed by atoms with Crippen molar-refractivity contribution in [2.45, 2.75) is 60.3 Å². The Labute approximate surface area is 238 Å². The van der Waals surface area contributed by atoms with Crippen LogP contribution in [0.25, 0.3) is 0 Å². The van der Waals surface area contributed by atoms with Gasteiger partial charge >= 0.3 is 6.18 Å². The fourth-order valence-corrected chi connectivity index (χ4v) is 3.22. The highest BCUT2D eigenvalue weighted by atomic mass is 19.4. The number of hydrogen-bond acceptors (Lipinski definition) is 7. The number of carbonyl (C=O) groups excluding carboxylic acids is 1. The van der Waals surface area contributed by atoms with Gasteiger partial charge in [-0.25, -0.2) is 10.2 Å². The first kappa shape index (κ1) is 34.9. The summed E-state index contributed by atoms with van der Waals surface area (Å²) in [6.45, 7) is 13.7. The Morgan fingerprint density at radius 3 is 2.29 bits per heavy atom. The van der Waals surface area contributed by atoms with Crippen molar-refractivity contribution in [2.75, 3.05) is 5.32 Å². The van der Waals surface area contributed by atoms with E-state index in [4.69, 9.17) is 17.3 Å². The van der Waals surface area contributed by atoms with E-state index in [-0.39, 0.29) is 40.8 Å². The maximum Gasteiger partial charge on any atom is 0.419 e. The molecular weight excluding hydrogens is 538 g/mol. The minimum atomic E-state index is -4.96. The zero-order chi connectivity index (χ0) is 31.5. The van der Waals surface area contributed by atoms with Crippen LogP contribution in [0.5, 0.6) is 0 Å². The summed E-state index contributed by atoms with van der Waals surface area (Å²) < 4.78 is 55.4. The molecule has 0 spiro atoms. The summed E-state index contributed by atoms with van der Waals surface area (Å²) in [4.78, 5) is 17.2. The van der Waals surface area contributed by atoms with Gasteiger partial charge in [0.2, 0.25) is 0 Å². The van der Waals surface area contributed by atoms with Crippen LogP contribution in [0.4, 0.5) is 23.2 Å². The van der Waals surface area contributed by atoms with E-state index in [0.29, 0.717) is 22.9 Å². The lowest BCUT2D eigenvalue weighted by molar-refractivity contribution is -0.140. The normalized spacial score (nSPS) is 14.2. The van der Waals surface area contributed by atoms with Crippen LogP contribution in [0, 0.1) is 5.82 Å². The van der Waals surface area contributed by atoms with Gasteiger partial charge in [-0.1, -0.05) is 32.6 Å². The Morgan fingerprint density at radius 2 is 1.78 bits per heavy atom. The molecule has 0 atom stereocenters. The average Bonchev–Trinajstić information content (AvgIpc) is 2.87. The molecule has 41 heavy (non-hydrogen) atoms. The van der Waals surface area contributed by atoms with E-state index in [0.717, 1.165) is 0 Å². The van der Waals surface area contributed by atoms with Crippen molar-refractivity contribution in [3.63, 3.8) is 0 Å². The second-order valence-electron chi connectivity index (χ2n) is 9.39. The highest BCUT2D eigenvalue weighted by Gasteiger charge is 2.35. The maximum atomic E-state index is 14.7. The molecule has 0 saturated carbocycles. The van der Waals surface area contributed by atoms with Gasteiger partial charge in [-0.3, -0.25) is 14.8 Å². The lowest BCUT2D eigenvalue weighted by atomic mass is 10.1. The molecule has 0 saturated heterocycles. The van der Waals surface area contributed by atoms with E-state index in [2.05, 4.69) is 22.2 Å². The van der Waals surface area contributed by atoms with Crippen LogP contribution >= 0.6 is 0 Å². The van der Waals surface area contributed by atoms with Gasteiger partial charge in [0.25, 0.3) is 5.91 Å². The van der Waals surface area contributed by atoms with E-state index in [1.807, 2.05) is 0 Å². The highest BCUT2D eigenvalue weighted by molar-refractivity contribution is 6.06. The Bertz CT molecular complexity index is 1300. The molecule has 0 aliphatic rings. The summed E-state index contributed by atoms with van der Waals surface area (Å²) in [6.07, 6.45) is 3.97. The average molecular weight is 578 g/mol. The third kappa shape index (κ3) is 11.1. The number of benzene rings is 1. The predicted molar refractivity (Wildman–Crippen MR) is 157 cm³/mol. The van der Waals surface area contributed by atoms with Crippen molar-refractivity contribution in [1.29, 1.82) is 0 Å². The number of nitrogens with zero attached hydrogens (tertiary/aromatic N) is 2. The number of hydrogen-bond donors (Lipinski definition) is 5. The lowest BCUT2D eigenvalue weighted by Crippen LogP contribution is -2.27. The maximum absolute atomic E-state index is 14.7. The number of allylic oxidation sites excluding steroid dienone is 5. The van der Waals surface area contributed by atoms with Gasteiger partial charge in [-0.2, -0.15) is 13.2 Å². The van der Waals surface area contributed by atoms with Gasteiger partial charge in [-0.05, 0) is 57.0 Å². The van der Waals surface area contributed by atoms with Crippen molar-refractivity contribution in [2.24, 2.45) is 22.3 Å². The van der Waals surface area contributed by atoms with Crippen molar-refractivity contribution < 1.29 is 22.4 Å². The lowest BCUT2D eigenvalue weighted by Gasteiger charge is -2.21. The molecule has 1 rings (SSSR count). The number of rotatable bonds is 12. The molecule has 1 amide bonds. The molecule has 12 heteroatoms. The number of amides is 1. The van der Waals surface area contributed by atoms with Crippen LogP contribution in [0.1, 0.15) is 52.7 Å². The first-order valence-corrected chi connectivity index (χ1v) is 12.6. The molecule has 1 aromatic rings. The summed E-state index contributed by atoms with van der Waals surface area (Å²) in [5, 5.41) is 6.54. The Balaban J connectivity index is 3.45. The van der Waals surface area contributed by atoms with Crippen LogP contribution in [0.15, 0.2) is 88.1 Å². The van der Waals surface area contributed by atoms with E-state index in [1.54, 1.807) is 47.6 Å². The second-order valence-corrected chi connectivity index (χ2v) is 9.39. The summed E-state index contributed by atoms with van der Waals surface area (Å²) >= 11 is 0. The first-order chi connectivity index (χ1) is 19.0. The van der Waals surface area contributed by atoms with Crippen molar-refractivity contribution >= 4 is 17.8 Å². The van der Waals surface area contributed by atoms with Crippen LogP contribution in [-0.4, -0.2) is 23.2 Å². The number of nitrogens with one attached hydrogen (secondary N) is 2. The van der Waals surface area contributed by atoms with Crippen molar-refractivity contribution in [3.8, 4) is 0 Å². The molecule has 0 aromatic heterocycles. The number of alkyl halides is 3. The Hall–Kier alpha value is -4.16. The minimum Gasteiger partial charge on any atom is -0.398 e. The largest absolute Gasteiger partial charge is 0.419 e. The molecule has 224 valence electrons. The molecular formula is C29H39F4N7O. The zero-order valence-corrected chi connectivity index (χ0v) is 24.2. The number of hydrazine groups is 1. The van der Waals surface area contributed by atoms with Crippen molar-refractivity contribution in [3.05, 3.63) is 100 Å². The molecule has 8 nitrogen and oxygen atoms in total. The summed E-state index contributed by atoms with van der Waals surface area (Å²) in [5.74, 6) is 4.14. The molecule has 1 aromatic carbocycles. The van der Waals surface area contributed by atoms with E-state index < -0.39 is 23.5 Å². The zero-order valence-electron chi connectivity index (χ0n) is 24.2. The fraction of sp³-hybridized carbons (Fsp3) is 0.310. The van der Waals surface area contributed by atoms with E-state index >= 15 is 0 Å². The predicted octanol–water partition coefficient (Wildman–Crippen LogP) is 5.50. The number of nitrogens with two attached hydrogens (primary N) is 3. The van der Waals surface area contributed by atoms with Crippen LogP contribution in [-0.2, 0) is 17.5 Å². The number of halogens is 4. The smallest absolute Gasteiger partial charge is 0.398 e. The van der Waals surface area contributed by atoms with Crippen LogP contribution < -0.4 is 27.9 Å². The molecule has 0 unspecified atom stereocenters. The highest BCUT2D eigenvalue weighted by Crippen LogP contribution is 2.35. The molecule has 0 heterocycles. The molecule has 0 aliphatic carbocycles. The van der Waals surface area contributed by atoms with Gasteiger partial charge in [0, 0.05) is 53.7 Å². The van der Waals surface area contributed by atoms with E-state index in [9.17, 15) is 22.4 Å². The minimum absolute atomic E-state index is 0.0849. The van der Waals surface area contributed by atoms with Crippen molar-refractivity contribution in [1.82, 2.24) is 10.3 Å². The quantitative estimate of drug-likeness (QED) is 0.0556. The third-order valence-electron chi connectivity index (χ3n) is 5.63. The summed E-state index contributed by atoms with van der Waals surface area (Å²) in [5.41, 5.74) is 11.9. The Morgan fingerprint density at radius 1 is 1.15 bits per heavy atom. The topological polar surface area (TPSA) is 135 Å². The van der Waals surface area contributed by atoms with Gasteiger partial charge in [0.05, 0.1) is 17.0 Å². The van der Waals surface area contributed by atoms with Gasteiger partial charge < -0.3 is 22.1 Å². The number of anilines is 1. The fourth-order valence-electron chi connectivity index (χ4n) is 3.22. The van der Waals surface area contributed by atoms with Crippen LogP contribution in [0.2, 0.25) is 0 Å². The van der Waals surface area contributed by atoms with Crippen LogP contribution in [0.3, 0.4) is 0 Å². The molecule has 0 radical (unpaired) electrons. The molecule has 8 N–H and O–H groups in total. The standard InChI is InChI=1S/C29H39F4N7O/c1-8-18(5)26(40(36)16-25(35)19(6)13-37-14-20(7)34)11-21(9-2)28(41)39-23-10-22(15-38-17(3)4)27(30)24(12-23)29(31,32)33/h8-14,16-17,38H,7,15,34-36H2,1-6H3,(H,39,41)/b18-8-,19-13+,21-9+,25-16-,26-11+,37-14?. The monoisotopic (exact) mass is 577 g/mol. The van der Waals surface area contributed by atoms with Gasteiger partial charge in [0.15, 0.2) is 0 Å².